The average molecular weight is 418 g/mol. The number of benzene rings is 1. The second-order valence-electron chi connectivity index (χ2n) is 4.82. The van der Waals surface area contributed by atoms with Crippen molar-refractivity contribution in [2.24, 2.45) is 0 Å². The van der Waals surface area contributed by atoms with Gasteiger partial charge in [-0.15, -0.1) is 0 Å². The Bertz CT molecular complexity index is 979. The molecule has 0 atom stereocenters. The normalized spacial score (nSPS) is 11.1. The van der Waals surface area contributed by atoms with Crippen LogP contribution in [-0.2, 0) is 4.79 Å². The van der Waals surface area contributed by atoms with Crippen LogP contribution >= 0.6 is 15.9 Å². The summed E-state index contributed by atoms with van der Waals surface area (Å²) in [5, 5.41) is 7.12. The van der Waals surface area contributed by atoms with Crippen molar-refractivity contribution < 1.29 is 23.1 Å². The van der Waals surface area contributed by atoms with Gasteiger partial charge in [0, 0.05) is 29.3 Å². The first kappa shape index (κ1) is 18.7. The molecule has 2 heterocycles. The van der Waals surface area contributed by atoms with Gasteiger partial charge in [0.2, 0.25) is 5.65 Å². The lowest BCUT2D eigenvalue weighted by molar-refractivity contribution is -0.192. The van der Waals surface area contributed by atoms with Gasteiger partial charge in [0.15, 0.2) is 0 Å². The second-order valence-corrected chi connectivity index (χ2v) is 5.67. The van der Waals surface area contributed by atoms with E-state index in [1.54, 1.807) is 27.6 Å². The monoisotopic (exact) mass is 417 g/mol. The molecule has 0 saturated heterocycles. The zero-order valence-electron chi connectivity index (χ0n) is 12.7. The van der Waals surface area contributed by atoms with Crippen LogP contribution in [0.15, 0.2) is 52.3 Å². The van der Waals surface area contributed by atoms with Crippen LogP contribution in [0.5, 0.6) is 0 Å². The van der Waals surface area contributed by atoms with Crippen molar-refractivity contribution in [3.8, 4) is 5.69 Å². The number of fused-ring (bicyclic) bond motifs is 1. The molecule has 0 fully saturated rings. The molecule has 3 aromatic rings. The number of alkyl halides is 3. The zero-order chi connectivity index (χ0) is 18.8. The molecule has 0 aliphatic carbocycles. The van der Waals surface area contributed by atoms with Crippen LogP contribution in [0.25, 0.3) is 11.3 Å². The molecule has 0 amide bonds. The Morgan fingerprint density at radius 2 is 1.88 bits per heavy atom. The largest absolute Gasteiger partial charge is 0.490 e. The molecule has 0 unspecified atom stereocenters. The minimum absolute atomic E-state index is 0.122. The van der Waals surface area contributed by atoms with E-state index in [-0.39, 0.29) is 5.56 Å². The number of rotatable bonds is 1. The molecule has 0 saturated carbocycles. The first-order chi connectivity index (χ1) is 11.6. The topological polar surface area (TPSA) is 76.6 Å². The van der Waals surface area contributed by atoms with E-state index in [0.717, 1.165) is 15.7 Å². The Labute approximate surface area is 147 Å². The Balaban J connectivity index is 0.000000277. The fourth-order valence-electron chi connectivity index (χ4n) is 1.96. The van der Waals surface area contributed by atoms with Crippen LogP contribution in [0.1, 0.15) is 5.56 Å². The number of nitrogens with zero attached hydrogens (tertiary/aromatic N) is 3. The van der Waals surface area contributed by atoms with Crippen LogP contribution in [0.3, 0.4) is 0 Å². The van der Waals surface area contributed by atoms with Gasteiger partial charge in [-0.1, -0.05) is 22.0 Å². The number of aliphatic carboxylic acids is 1. The Hall–Kier alpha value is -2.62. The molecule has 0 bridgehead atoms. The summed E-state index contributed by atoms with van der Waals surface area (Å²) >= 11 is 3.47. The number of hydrogen-bond donors (Lipinski definition) is 1. The van der Waals surface area contributed by atoms with Gasteiger partial charge >= 0.3 is 12.1 Å². The molecule has 1 aromatic carbocycles. The van der Waals surface area contributed by atoms with Crippen LogP contribution in [-0.4, -0.2) is 31.2 Å². The molecule has 0 spiro atoms. The SMILES string of the molecule is Cc1c(Br)cccc1-n1ccn2ccnc2c1=O.O=C(O)C(F)(F)F. The average Bonchev–Trinajstić information content (AvgIpc) is 3.00. The summed E-state index contributed by atoms with van der Waals surface area (Å²) in [6, 6.07) is 5.79. The molecular formula is C15H11BrF3N3O3. The van der Waals surface area contributed by atoms with E-state index in [0.29, 0.717) is 5.65 Å². The van der Waals surface area contributed by atoms with E-state index in [1.165, 1.54) is 0 Å². The van der Waals surface area contributed by atoms with Crippen molar-refractivity contribution >= 4 is 27.5 Å². The predicted octanol–water partition coefficient (Wildman–Crippen LogP) is 3.19. The molecule has 25 heavy (non-hydrogen) atoms. The van der Waals surface area contributed by atoms with Crippen LogP contribution < -0.4 is 5.56 Å². The molecule has 0 aliphatic rings. The number of carbonyl (C=O) groups is 1. The van der Waals surface area contributed by atoms with Crippen LogP contribution in [0.2, 0.25) is 0 Å². The number of imidazole rings is 1. The Kier molecular flexibility index (Phi) is 5.31. The summed E-state index contributed by atoms with van der Waals surface area (Å²) in [6.45, 7) is 1.97. The molecule has 1 N–H and O–H groups in total. The van der Waals surface area contributed by atoms with Crippen molar-refractivity contribution in [3.05, 3.63) is 63.4 Å². The summed E-state index contributed by atoms with van der Waals surface area (Å²) in [4.78, 5) is 25.3. The number of hydrogen-bond acceptors (Lipinski definition) is 3. The highest BCUT2D eigenvalue weighted by Gasteiger charge is 2.38. The van der Waals surface area contributed by atoms with Crippen molar-refractivity contribution in [3.63, 3.8) is 0 Å². The van der Waals surface area contributed by atoms with Gasteiger partial charge in [0.25, 0.3) is 5.56 Å². The highest BCUT2D eigenvalue weighted by atomic mass is 79.9. The van der Waals surface area contributed by atoms with E-state index in [4.69, 9.17) is 9.90 Å². The minimum atomic E-state index is -5.08. The summed E-state index contributed by atoms with van der Waals surface area (Å²) in [5.41, 5.74) is 2.19. The quantitative estimate of drug-likeness (QED) is 0.659. The molecule has 10 heteroatoms. The third-order valence-corrected chi connectivity index (χ3v) is 4.06. The Morgan fingerprint density at radius 1 is 1.24 bits per heavy atom. The third-order valence-electron chi connectivity index (χ3n) is 3.20. The summed E-state index contributed by atoms with van der Waals surface area (Å²) in [7, 11) is 0. The van der Waals surface area contributed by atoms with Gasteiger partial charge in [0.05, 0.1) is 5.69 Å². The second kappa shape index (κ2) is 7.09. The number of halogens is 4. The number of aromatic nitrogens is 3. The van der Waals surface area contributed by atoms with Gasteiger partial charge in [-0.3, -0.25) is 9.36 Å². The van der Waals surface area contributed by atoms with Crippen molar-refractivity contribution in [1.82, 2.24) is 14.0 Å². The van der Waals surface area contributed by atoms with Crippen molar-refractivity contribution in [2.75, 3.05) is 0 Å². The molecule has 3 rings (SSSR count). The Morgan fingerprint density at radius 3 is 2.48 bits per heavy atom. The van der Waals surface area contributed by atoms with Crippen molar-refractivity contribution in [1.29, 1.82) is 0 Å². The number of carboxylic acids is 1. The fraction of sp³-hybridized carbons (Fsp3) is 0.133. The lowest BCUT2D eigenvalue weighted by atomic mass is 10.2. The standard InChI is InChI=1S/C13H10BrN3O.C2HF3O2/c1-9-10(14)3-2-4-11(9)17-8-7-16-6-5-15-12(16)13(17)18;3-2(4,5)1(6)7/h2-8H,1H3;(H,6,7). The maximum Gasteiger partial charge on any atom is 0.490 e. The van der Waals surface area contributed by atoms with E-state index in [1.807, 2.05) is 31.3 Å². The number of carboxylic acid groups (broad SMARTS) is 1. The zero-order valence-corrected chi connectivity index (χ0v) is 14.2. The summed E-state index contributed by atoms with van der Waals surface area (Å²) in [6.07, 6.45) is 1.87. The molecular weight excluding hydrogens is 407 g/mol. The van der Waals surface area contributed by atoms with E-state index >= 15 is 0 Å². The smallest absolute Gasteiger partial charge is 0.475 e. The predicted molar refractivity (Wildman–Crippen MR) is 86.9 cm³/mol. The van der Waals surface area contributed by atoms with Crippen LogP contribution in [0, 0.1) is 6.92 Å². The fourth-order valence-corrected chi connectivity index (χ4v) is 2.32. The molecule has 0 radical (unpaired) electrons. The van der Waals surface area contributed by atoms with E-state index in [9.17, 15) is 18.0 Å². The molecule has 0 aliphatic heterocycles. The van der Waals surface area contributed by atoms with Crippen molar-refractivity contribution in [2.45, 2.75) is 13.1 Å². The highest BCUT2D eigenvalue weighted by molar-refractivity contribution is 9.10. The van der Waals surface area contributed by atoms with Gasteiger partial charge in [-0.25, -0.2) is 9.78 Å². The lowest BCUT2D eigenvalue weighted by Gasteiger charge is -2.10. The van der Waals surface area contributed by atoms with Gasteiger partial charge < -0.3 is 9.51 Å². The van der Waals surface area contributed by atoms with Gasteiger partial charge in [-0.05, 0) is 24.6 Å². The van der Waals surface area contributed by atoms with Crippen LogP contribution in [0.4, 0.5) is 13.2 Å². The molecule has 6 nitrogen and oxygen atoms in total. The van der Waals surface area contributed by atoms with Gasteiger partial charge in [0.1, 0.15) is 0 Å². The van der Waals surface area contributed by atoms with E-state index in [2.05, 4.69) is 20.9 Å². The van der Waals surface area contributed by atoms with Gasteiger partial charge in [-0.2, -0.15) is 13.2 Å². The maximum atomic E-state index is 12.3. The highest BCUT2D eigenvalue weighted by Crippen LogP contribution is 2.21. The summed E-state index contributed by atoms with van der Waals surface area (Å²) in [5.74, 6) is -2.76. The molecule has 2 aromatic heterocycles. The van der Waals surface area contributed by atoms with E-state index < -0.39 is 12.1 Å². The lowest BCUT2D eigenvalue weighted by Crippen LogP contribution is -2.21. The summed E-state index contributed by atoms with van der Waals surface area (Å²) < 4.78 is 36.0. The third kappa shape index (κ3) is 4.08. The first-order valence-electron chi connectivity index (χ1n) is 6.73. The first-order valence-corrected chi connectivity index (χ1v) is 7.52. The minimum Gasteiger partial charge on any atom is -0.475 e. The molecule has 132 valence electrons. The maximum absolute atomic E-state index is 12.3.